The molecular weight excluding hydrogens is 344 g/mol. The lowest BCUT2D eigenvalue weighted by Crippen LogP contribution is -2.39. The van der Waals surface area contributed by atoms with E-state index >= 15 is 0 Å². The Hall–Kier alpha value is -2.55. The van der Waals surface area contributed by atoms with E-state index in [9.17, 15) is 4.79 Å². The molecule has 144 valence electrons. The van der Waals surface area contributed by atoms with Crippen LogP contribution in [0.25, 0.3) is 0 Å². The fourth-order valence-electron chi connectivity index (χ4n) is 3.86. The minimum Gasteiger partial charge on any atom is -0.376 e. The Labute approximate surface area is 158 Å². The predicted octanol–water partition coefficient (Wildman–Crippen LogP) is 0.456. The lowest BCUT2D eigenvalue weighted by atomic mass is 9.92. The standard InChI is InChI=1S/C18H26N8O/c1-24(2)13-4-5-14(19-11-13)17(27)20-15-10-18(15)6-8-26(9-7-18)12-16-21-22-23-25(16)3/h4-5,11,15H,6-10,12H2,1-3H3,(H,20,27). The normalized spacial score (nSPS) is 21.2. The van der Waals surface area contributed by atoms with Crippen LogP contribution in [0.15, 0.2) is 18.3 Å². The lowest BCUT2D eigenvalue weighted by Gasteiger charge is -2.32. The van der Waals surface area contributed by atoms with Crippen LogP contribution in [0.3, 0.4) is 0 Å². The van der Waals surface area contributed by atoms with Crippen LogP contribution in [-0.2, 0) is 13.6 Å². The van der Waals surface area contributed by atoms with Crippen LogP contribution in [0, 0.1) is 5.41 Å². The molecule has 1 amide bonds. The van der Waals surface area contributed by atoms with Gasteiger partial charge >= 0.3 is 0 Å². The summed E-state index contributed by atoms with van der Waals surface area (Å²) in [5, 5.41) is 14.8. The third kappa shape index (κ3) is 3.64. The summed E-state index contributed by atoms with van der Waals surface area (Å²) in [6.45, 7) is 2.79. The van der Waals surface area contributed by atoms with Crippen LogP contribution in [0.5, 0.6) is 0 Å². The van der Waals surface area contributed by atoms with Crippen molar-refractivity contribution in [1.29, 1.82) is 0 Å². The van der Waals surface area contributed by atoms with E-state index in [2.05, 4.69) is 30.7 Å². The quantitative estimate of drug-likeness (QED) is 0.817. The number of hydrogen-bond donors (Lipinski definition) is 1. The van der Waals surface area contributed by atoms with Gasteiger partial charge in [-0.1, -0.05) is 0 Å². The van der Waals surface area contributed by atoms with Crippen LogP contribution in [0.1, 0.15) is 35.6 Å². The predicted molar refractivity (Wildman–Crippen MR) is 100 cm³/mol. The van der Waals surface area contributed by atoms with E-state index in [-0.39, 0.29) is 17.4 Å². The van der Waals surface area contributed by atoms with Crippen molar-refractivity contribution in [2.75, 3.05) is 32.1 Å². The van der Waals surface area contributed by atoms with Crippen molar-refractivity contribution in [2.24, 2.45) is 12.5 Å². The number of amides is 1. The van der Waals surface area contributed by atoms with Gasteiger partial charge in [0.15, 0.2) is 5.82 Å². The number of likely N-dealkylation sites (tertiary alicyclic amines) is 1. The van der Waals surface area contributed by atoms with Gasteiger partial charge in [-0.3, -0.25) is 9.69 Å². The molecule has 2 aliphatic rings. The minimum atomic E-state index is -0.0743. The third-order valence-corrected chi connectivity index (χ3v) is 5.92. The molecule has 2 fully saturated rings. The molecule has 0 aromatic carbocycles. The number of nitrogens with zero attached hydrogens (tertiary/aromatic N) is 7. The molecule has 3 heterocycles. The third-order valence-electron chi connectivity index (χ3n) is 5.92. The molecule has 2 aromatic heterocycles. The molecule has 1 aliphatic carbocycles. The van der Waals surface area contributed by atoms with Gasteiger partial charge in [-0.25, -0.2) is 9.67 Å². The fourth-order valence-corrected chi connectivity index (χ4v) is 3.86. The molecule has 1 aliphatic heterocycles. The second-order valence-electron chi connectivity index (χ2n) is 7.88. The van der Waals surface area contributed by atoms with Crippen molar-refractivity contribution in [2.45, 2.75) is 31.8 Å². The zero-order valence-electron chi connectivity index (χ0n) is 16.1. The number of carbonyl (C=O) groups excluding carboxylic acids is 1. The molecule has 1 atom stereocenters. The number of aryl methyl sites for hydroxylation is 1. The summed E-state index contributed by atoms with van der Waals surface area (Å²) in [6.07, 6.45) is 4.98. The summed E-state index contributed by atoms with van der Waals surface area (Å²) >= 11 is 0. The highest BCUT2D eigenvalue weighted by Crippen LogP contribution is 2.54. The van der Waals surface area contributed by atoms with Crippen molar-refractivity contribution in [3.05, 3.63) is 29.8 Å². The van der Waals surface area contributed by atoms with Crippen LogP contribution in [0.4, 0.5) is 5.69 Å². The van der Waals surface area contributed by atoms with E-state index in [1.807, 2.05) is 32.1 Å². The Bertz CT molecular complexity index is 807. The van der Waals surface area contributed by atoms with Gasteiger partial charge in [-0.15, -0.1) is 5.10 Å². The summed E-state index contributed by atoms with van der Waals surface area (Å²) in [6, 6.07) is 3.97. The van der Waals surface area contributed by atoms with Crippen molar-refractivity contribution < 1.29 is 4.79 Å². The fraction of sp³-hybridized carbons (Fsp3) is 0.611. The van der Waals surface area contributed by atoms with E-state index < -0.39 is 0 Å². The summed E-state index contributed by atoms with van der Waals surface area (Å²) in [7, 11) is 5.78. The molecule has 2 aromatic rings. The molecule has 1 saturated carbocycles. The number of aromatic nitrogens is 5. The van der Waals surface area contributed by atoms with E-state index in [1.54, 1.807) is 16.9 Å². The minimum absolute atomic E-state index is 0.0743. The monoisotopic (exact) mass is 370 g/mol. The Morgan fingerprint density at radius 2 is 2.11 bits per heavy atom. The summed E-state index contributed by atoms with van der Waals surface area (Å²) in [5.74, 6) is 0.814. The highest BCUT2D eigenvalue weighted by Gasteiger charge is 2.55. The van der Waals surface area contributed by atoms with Crippen molar-refractivity contribution >= 4 is 11.6 Å². The van der Waals surface area contributed by atoms with E-state index in [4.69, 9.17) is 0 Å². The molecule has 0 bridgehead atoms. The lowest BCUT2D eigenvalue weighted by molar-refractivity contribution is 0.0928. The summed E-state index contributed by atoms with van der Waals surface area (Å²) in [4.78, 5) is 21.1. The van der Waals surface area contributed by atoms with Gasteiger partial charge in [0.25, 0.3) is 5.91 Å². The van der Waals surface area contributed by atoms with Gasteiger partial charge in [-0.05, 0) is 60.3 Å². The molecule has 9 heteroatoms. The van der Waals surface area contributed by atoms with Crippen molar-refractivity contribution in [3.63, 3.8) is 0 Å². The van der Waals surface area contributed by atoms with Crippen LogP contribution in [-0.4, -0.2) is 69.2 Å². The number of piperidine rings is 1. The Morgan fingerprint density at radius 3 is 2.70 bits per heavy atom. The van der Waals surface area contributed by atoms with Gasteiger partial charge in [-0.2, -0.15) is 0 Å². The number of anilines is 1. The average Bonchev–Trinajstić information content (AvgIpc) is 3.16. The van der Waals surface area contributed by atoms with Crippen LogP contribution < -0.4 is 10.2 Å². The van der Waals surface area contributed by atoms with Gasteiger partial charge < -0.3 is 10.2 Å². The molecule has 1 saturated heterocycles. The van der Waals surface area contributed by atoms with E-state index in [1.165, 1.54) is 0 Å². The number of hydrogen-bond acceptors (Lipinski definition) is 7. The molecule has 27 heavy (non-hydrogen) atoms. The number of carbonyl (C=O) groups is 1. The maximum absolute atomic E-state index is 12.5. The van der Waals surface area contributed by atoms with Crippen LogP contribution in [0.2, 0.25) is 0 Å². The molecule has 1 spiro atoms. The second kappa shape index (κ2) is 6.88. The number of pyridine rings is 1. The highest BCUT2D eigenvalue weighted by molar-refractivity contribution is 5.93. The van der Waals surface area contributed by atoms with Crippen molar-refractivity contribution in [3.8, 4) is 0 Å². The first-order valence-electron chi connectivity index (χ1n) is 9.35. The first-order chi connectivity index (χ1) is 13.0. The first-order valence-corrected chi connectivity index (χ1v) is 9.35. The Kier molecular flexibility index (Phi) is 4.55. The second-order valence-corrected chi connectivity index (χ2v) is 7.88. The highest BCUT2D eigenvalue weighted by atomic mass is 16.2. The smallest absolute Gasteiger partial charge is 0.270 e. The zero-order valence-corrected chi connectivity index (χ0v) is 16.1. The van der Waals surface area contributed by atoms with Gasteiger partial charge in [0, 0.05) is 27.2 Å². The van der Waals surface area contributed by atoms with Gasteiger partial charge in [0.1, 0.15) is 5.69 Å². The molecule has 1 unspecified atom stereocenters. The summed E-state index contributed by atoms with van der Waals surface area (Å²) < 4.78 is 1.72. The molecular formula is C18H26N8O. The van der Waals surface area contributed by atoms with Crippen molar-refractivity contribution in [1.82, 2.24) is 35.4 Å². The maximum atomic E-state index is 12.5. The molecule has 9 nitrogen and oxygen atoms in total. The molecule has 1 N–H and O–H groups in total. The first kappa shape index (κ1) is 17.8. The van der Waals surface area contributed by atoms with Gasteiger partial charge in [0.2, 0.25) is 0 Å². The van der Waals surface area contributed by atoms with E-state index in [0.29, 0.717) is 5.69 Å². The van der Waals surface area contributed by atoms with Gasteiger partial charge in [0.05, 0.1) is 18.4 Å². The number of rotatable bonds is 5. The largest absolute Gasteiger partial charge is 0.376 e. The molecule has 4 rings (SSSR count). The summed E-state index contributed by atoms with van der Waals surface area (Å²) in [5.41, 5.74) is 1.73. The zero-order chi connectivity index (χ0) is 19.0. The molecule has 0 radical (unpaired) electrons. The Morgan fingerprint density at radius 1 is 1.33 bits per heavy atom. The maximum Gasteiger partial charge on any atom is 0.270 e. The van der Waals surface area contributed by atoms with Crippen LogP contribution >= 0.6 is 0 Å². The number of tetrazole rings is 1. The number of nitrogens with one attached hydrogen (secondary N) is 1. The topological polar surface area (TPSA) is 92.1 Å². The Balaban J connectivity index is 1.28. The SMILES string of the molecule is CN(C)c1ccc(C(=O)NC2CC23CCN(Cc2nnnn2C)CC3)nc1. The average molecular weight is 370 g/mol. The van der Waals surface area contributed by atoms with E-state index in [0.717, 1.165) is 50.4 Å².